The van der Waals surface area contributed by atoms with E-state index in [0.29, 0.717) is 22.6 Å². The van der Waals surface area contributed by atoms with Crippen LogP contribution in [0.2, 0.25) is 10.3 Å². The Hall–Kier alpha value is -1.07. The smallest absolute Gasteiger partial charge is 0.303 e. The molecule has 1 aromatic rings. The van der Waals surface area contributed by atoms with Gasteiger partial charge in [0, 0.05) is 25.6 Å². The zero-order valence-electron chi connectivity index (χ0n) is 10.4. The minimum atomic E-state index is -0.747. The number of carbonyl (C=O) groups is 1. The Labute approximate surface area is 121 Å². The second kappa shape index (κ2) is 6.39. The maximum Gasteiger partial charge on any atom is 0.303 e. The van der Waals surface area contributed by atoms with Gasteiger partial charge < -0.3 is 10.0 Å². The van der Waals surface area contributed by atoms with E-state index in [1.807, 2.05) is 0 Å². The van der Waals surface area contributed by atoms with Crippen LogP contribution in [0.15, 0.2) is 6.07 Å². The minimum absolute atomic E-state index is 0.210. The molecule has 1 fully saturated rings. The summed E-state index contributed by atoms with van der Waals surface area (Å²) in [5, 5.41) is 16.9. The Morgan fingerprint density at radius 2 is 2.26 bits per heavy atom. The summed E-state index contributed by atoms with van der Waals surface area (Å²) in [4.78, 5) is 12.7. The van der Waals surface area contributed by atoms with Gasteiger partial charge in [0.05, 0.1) is 5.69 Å². The monoisotopic (exact) mass is 303 g/mol. The van der Waals surface area contributed by atoms with Gasteiger partial charge in [-0.25, -0.2) is 0 Å². The summed E-state index contributed by atoms with van der Waals surface area (Å²) in [7, 11) is 0. The topological polar surface area (TPSA) is 66.3 Å². The summed E-state index contributed by atoms with van der Waals surface area (Å²) in [6.45, 7) is 1.67. The van der Waals surface area contributed by atoms with Crippen LogP contribution in [0.3, 0.4) is 0 Å². The first-order valence-electron chi connectivity index (χ1n) is 6.21. The summed E-state index contributed by atoms with van der Waals surface area (Å²) >= 11 is 11.9. The molecule has 1 saturated heterocycles. The summed E-state index contributed by atoms with van der Waals surface area (Å²) in [6, 6.07) is 1.70. The van der Waals surface area contributed by atoms with E-state index < -0.39 is 5.97 Å². The first kappa shape index (κ1) is 14.3. The Balaban J connectivity index is 2.04. The maximum atomic E-state index is 10.6. The van der Waals surface area contributed by atoms with Crippen LogP contribution in [0.1, 0.15) is 25.7 Å². The van der Waals surface area contributed by atoms with Crippen molar-refractivity contribution in [2.75, 3.05) is 18.0 Å². The van der Waals surface area contributed by atoms with Gasteiger partial charge in [0.25, 0.3) is 0 Å². The average molecular weight is 304 g/mol. The van der Waals surface area contributed by atoms with Crippen molar-refractivity contribution in [2.45, 2.75) is 25.7 Å². The summed E-state index contributed by atoms with van der Waals surface area (Å²) in [6.07, 6.45) is 2.96. The van der Waals surface area contributed by atoms with E-state index in [-0.39, 0.29) is 6.42 Å². The van der Waals surface area contributed by atoms with Gasteiger partial charge in [0.15, 0.2) is 10.3 Å². The van der Waals surface area contributed by atoms with Crippen molar-refractivity contribution in [3.63, 3.8) is 0 Å². The lowest BCUT2D eigenvalue weighted by atomic mass is 9.93. The number of hydrogen-bond donors (Lipinski definition) is 1. The van der Waals surface area contributed by atoms with Crippen molar-refractivity contribution < 1.29 is 9.90 Å². The van der Waals surface area contributed by atoms with E-state index >= 15 is 0 Å². The van der Waals surface area contributed by atoms with Crippen LogP contribution in [0.4, 0.5) is 5.69 Å². The number of aliphatic carboxylic acids is 1. The molecule has 7 heteroatoms. The van der Waals surface area contributed by atoms with E-state index in [1.54, 1.807) is 6.07 Å². The van der Waals surface area contributed by atoms with E-state index in [0.717, 1.165) is 31.6 Å². The van der Waals surface area contributed by atoms with E-state index in [2.05, 4.69) is 15.1 Å². The van der Waals surface area contributed by atoms with Gasteiger partial charge in [-0.15, -0.1) is 10.2 Å². The van der Waals surface area contributed by atoms with Gasteiger partial charge in [-0.05, 0) is 25.2 Å². The van der Waals surface area contributed by atoms with Crippen molar-refractivity contribution in [1.29, 1.82) is 0 Å². The molecule has 1 N–H and O–H groups in total. The Bertz CT molecular complexity index is 470. The fourth-order valence-corrected chi connectivity index (χ4v) is 2.77. The third kappa shape index (κ3) is 3.94. The van der Waals surface area contributed by atoms with Crippen molar-refractivity contribution in [1.82, 2.24) is 10.2 Å². The highest BCUT2D eigenvalue weighted by atomic mass is 35.5. The Kier molecular flexibility index (Phi) is 4.82. The van der Waals surface area contributed by atoms with Crippen LogP contribution in [0, 0.1) is 5.92 Å². The molecule has 1 unspecified atom stereocenters. The summed E-state index contributed by atoms with van der Waals surface area (Å²) < 4.78 is 0. The number of carboxylic acids is 1. The fourth-order valence-electron chi connectivity index (χ4n) is 2.41. The number of piperidine rings is 1. The number of aromatic nitrogens is 2. The molecule has 0 saturated carbocycles. The molecule has 1 aromatic heterocycles. The zero-order chi connectivity index (χ0) is 13.8. The second-order valence-electron chi connectivity index (χ2n) is 4.73. The molecule has 2 heterocycles. The quantitative estimate of drug-likeness (QED) is 0.926. The molecular weight excluding hydrogens is 289 g/mol. The lowest BCUT2D eigenvalue weighted by molar-refractivity contribution is -0.137. The van der Waals surface area contributed by atoms with Crippen molar-refractivity contribution in [3.8, 4) is 0 Å². The standard InChI is InChI=1S/C12H15Cl2N3O2/c13-10-6-9(12(14)16-15-10)17-5-1-2-8(7-17)3-4-11(18)19/h6,8H,1-5,7H2,(H,18,19). The predicted octanol–water partition coefficient (Wildman–Crippen LogP) is 2.86. The maximum absolute atomic E-state index is 10.6. The zero-order valence-corrected chi connectivity index (χ0v) is 11.9. The molecule has 0 aromatic carbocycles. The highest BCUT2D eigenvalue weighted by molar-refractivity contribution is 6.33. The molecule has 19 heavy (non-hydrogen) atoms. The summed E-state index contributed by atoms with van der Waals surface area (Å²) in [5.74, 6) is -0.378. The van der Waals surface area contributed by atoms with Crippen LogP contribution >= 0.6 is 23.2 Å². The first-order chi connectivity index (χ1) is 9.06. The molecule has 104 valence electrons. The van der Waals surface area contributed by atoms with Gasteiger partial charge in [0.2, 0.25) is 0 Å². The van der Waals surface area contributed by atoms with Gasteiger partial charge in [-0.1, -0.05) is 23.2 Å². The molecule has 2 rings (SSSR count). The molecular formula is C12H15Cl2N3O2. The van der Waals surface area contributed by atoms with Crippen LogP contribution in [-0.2, 0) is 4.79 Å². The molecule has 1 aliphatic rings. The van der Waals surface area contributed by atoms with Crippen LogP contribution in [0.25, 0.3) is 0 Å². The molecule has 1 aliphatic heterocycles. The number of hydrogen-bond acceptors (Lipinski definition) is 4. The molecule has 0 radical (unpaired) electrons. The SMILES string of the molecule is O=C(O)CCC1CCCN(c2cc(Cl)nnc2Cl)C1. The van der Waals surface area contributed by atoms with Crippen LogP contribution in [0.5, 0.6) is 0 Å². The number of carboxylic acid groups (broad SMARTS) is 1. The Morgan fingerprint density at radius 3 is 3.00 bits per heavy atom. The van der Waals surface area contributed by atoms with E-state index in [9.17, 15) is 4.79 Å². The molecule has 0 spiro atoms. The lowest BCUT2D eigenvalue weighted by Gasteiger charge is -2.34. The number of anilines is 1. The molecule has 0 bridgehead atoms. The van der Waals surface area contributed by atoms with E-state index in [4.69, 9.17) is 28.3 Å². The average Bonchev–Trinajstić information content (AvgIpc) is 2.39. The molecule has 0 amide bonds. The van der Waals surface area contributed by atoms with Crippen molar-refractivity contribution in [3.05, 3.63) is 16.4 Å². The number of halogens is 2. The largest absolute Gasteiger partial charge is 0.481 e. The molecule has 1 atom stereocenters. The van der Waals surface area contributed by atoms with Crippen LogP contribution in [-0.4, -0.2) is 34.4 Å². The Morgan fingerprint density at radius 1 is 1.47 bits per heavy atom. The van der Waals surface area contributed by atoms with Gasteiger partial charge in [-0.2, -0.15) is 0 Å². The molecule has 0 aliphatic carbocycles. The third-order valence-electron chi connectivity index (χ3n) is 3.33. The highest BCUT2D eigenvalue weighted by Gasteiger charge is 2.23. The molecule has 5 nitrogen and oxygen atoms in total. The fraction of sp³-hybridized carbons (Fsp3) is 0.583. The van der Waals surface area contributed by atoms with E-state index in [1.165, 1.54) is 0 Å². The predicted molar refractivity (Wildman–Crippen MR) is 73.9 cm³/mol. The normalized spacial score (nSPS) is 19.5. The van der Waals surface area contributed by atoms with Crippen molar-refractivity contribution >= 4 is 34.9 Å². The van der Waals surface area contributed by atoms with Crippen LogP contribution < -0.4 is 4.90 Å². The highest BCUT2D eigenvalue weighted by Crippen LogP contribution is 2.30. The number of nitrogens with zero attached hydrogens (tertiary/aromatic N) is 3. The summed E-state index contributed by atoms with van der Waals surface area (Å²) in [5.41, 5.74) is 0.779. The van der Waals surface area contributed by atoms with Crippen molar-refractivity contribution in [2.24, 2.45) is 5.92 Å². The lowest BCUT2D eigenvalue weighted by Crippen LogP contribution is -2.36. The third-order valence-corrected chi connectivity index (χ3v) is 3.78. The first-order valence-corrected chi connectivity index (χ1v) is 6.97. The van der Waals surface area contributed by atoms with Gasteiger partial charge in [0.1, 0.15) is 0 Å². The second-order valence-corrected chi connectivity index (χ2v) is 5.48. The number of rotatable bonds is 4. The van der Waals surface area contributed by atoms with Gasteiger partial charge in [-0.3, -0.25) is 4.79 Å². The van der Waals surface area contributed by atoms with Gasteiger partial charge >= 0.3 is 5.97 Å². The minimum Gasteiger partial charge on any atom is -0.481 e.